The van der Waals surface area contributed by atoms with E-state index in [-0.39, 0.29) is 29.1 Å². The Hall–Kier alpha value is -3.53. The van der Waals surface area contributed by atoms with Crippen LogP contribution in [0.2, 0.25) is 0 Å². The van der Waals surface area contributed by atoms with E-state index in [1.807, 2.05) is 0 Å². The summed E-state index contributed by atoms with van der Waals surface area (Å²) in [6.07, 6.45) is 0. The van der Waals surface area contributed by atoms with E-state index in [0.29, 0.717) is 18.0 Å². The Labute approximate surface area is 198 Å². The molecule has 1 aliphatic heterocycles. The van der Waals surface area contributed by atoms with Crippen molar-refractivity contribution in [1.82, 2.24) is 4.90 Å². The maximum atomic E-state index is 13.4. The van der Waals surface area contributed by atoms with Crippen molar-refractivity contribution in [2.75, 3.05) is 19.9 Å². The van der Waals surface area contributed by atoms with Crippen molar-refractivity contribution in [3.05, 3.63) is 62.5 Å². The monoisotopic (exact) mass is 474 g/mol. The minimum absolute atomic E-state index is 0.00512. The van der Waals surface area contributed by atoms with Crippen LogP contribution in [-0.2, 0) is 23.9 Å². The van der Waals surface area contributed by atoms with Crippen LogP contribution in [-0.4, -0.2) is 52.6 Å². The number of Topliss-reactive ketones (excluding diaryl/α,β-unsaturated/α-hetero) is 1. The first-order valence-corrected chi connectivity index (χ1v) is 10.8. The topological polar surface area (TPSA) is 136 Å². The molecule has 1 atom stereocenters. The quantitative estimate of drug-likeness (QED) is 0.322. The molecule has 10 nitrogen and oxygen atoms in total. The largest absolute Gasteiger partial charge is 0.478 e. The van der Waals surface area contributed by atoms with Crippen molar-refractivity contribution in [3.63, 3.8) is 0 Å². The predicted octanol–water partition coefficient (Wildman–Crippen LogP) is 3.78. The Balaban J connectivity index is 2.67. The number of ether oxygens (including phenoxy) is 2. The fourth-order valence-electron chi connectivity index (χ4n) is 3.70. The lowest BCUT2D eigenvalue weighted by Gasteiger charge is -2.37. The highest BCUT2D eigenvalue weighted by Gasteiger charge is 2.40. The van der Waals surface area contributed by atoms with Gasteiger partial charge in [-0.05, 0) is 47.1 Å². The molecule has 34 heavy (non-hydrogen) atoms. The van der Waals surface area contributed by atoms with Crippen LogP contribution in [0.4, 0.5) is 5.69 Å². The fraction of sp³-hybridized carbons (Fsp3) is 0.458. The summed E-state index contributed by atoms with van der Waals surface area (Å²) in [5.41, 5.74) is -0.0739. The molecule has 2 rings (SSSR count). The number of carboxylic acids is 1. The van der Waals surface area contributed by atoms with E-state index >= 15 is 0 Å². The number of nitro groups is 1. The molecule has 0 bridgehead atoms. The summed E-state index contributed by atoms with van der Waals surface area (Å²) in [7, 11) is 0. The van der Waals surface area contributed by atoms with E-state index in [9.17, 15) is 29.6 Å². The lowest BCUT2D eigenvalue weighted by molar-refractivity contribution is -0.384. The van der Waals surface area contributed by atoms with Crippen LogP contribution < -0.4 is 0 Å². The van der Waals surface area contributed by atoms with Crippen molar-refractivity contribution in [1.29, 1.82) is 0 Å². The van der Waals surface area contributed by atoms with Gasteiger partial charge in [0.2, 0.25) is 0 Å². The second-order valence-electron chi connectivity index (χ2n) is 8.89. The van der Waals surface area contributed by atoms with Crippen LogP contribution in [0.1, 0.15) is 53.0 Å². The summed E-state index contributed by atoms with van der Waals surface area (Å²) < 4.78 is 10.7. The zero-order valence-electron chi connectivity index (χ0n) is 20.2. The summed E-state index contributed by atoms with van der Waals surface area (Å²) in [6, 6.07) is 5.51. The van der Waals surface area contributed by atoms with E-state index in [4.69, 9.17) is 9.47 Å². The Morgan fingerprint density at radius 1 is 1.15 bits per heavy atom. The lowest BCUT2D eigenvalue weighted by atomic mass is 9.78. The van der Waals surface area contributed by atoms with E-state index in [1.165, 1.54) is 24.3 Å². The van der Waals surface area contributed by atoms with Gasteiger partial charge in [-0.15, -0.1) is 0 Å². The molecule has 1 aromatic rings. The number of carbonyl (C=O) groups is 3. The molecule has 184 valence electrons. The van der Waals surface area contributed by atoms with Gasteiger partial charge in [-0.2, -0.15) is 0 Å². The summed E-state index contributed by atoms with van der Waals surface area (Å²) in [5.74, 6) is -3.56. The number of nitro benzene ring substituents is 1. The van der Waals surface area contributed by atoms with Gasteiger partial charge in [0.05, 0.1) is 15.9 Å². The number of rotatable bonds is 9. The molecular formula is C24H30N2O8. The van der Waals surface area contributed by atoms with Crippen LogP contribution in [0.3, 0.4) is 0 Å². The number of carboxylic acid groups (broad SMARTS) is 1. The number of aliphatic carboxylic acids is 1. The highest BCUT2D eigenvalue weighted by atomic mass is 16.6. The average molecular weight is 475 g/mol. The molecule has 0 spiro atoms. The molecule has 0 fully saturated rings. The molecule has 0 aliphatic carbocycles. The number of nitrogens with zero attached hydrogens (tertiary/aromatic N) is 2. The number of hydrogen-bond acceptors (Lipinski definition) is 8. The van der Waals surface area contributed by atoms with Gasteiger partial charge in [0.25, 0.3) is 5.69 Å². The average Bonchev–Trinajstić information content (AvgIpc) is 2.75. The van der Waals surface area contributed by atoms with Gasteiger partial charge in [-0.25, -0.2) is 4.79 Å². The van der Waals surface area contributed by atoms with E-state index in [1.54, 1.807) is 46.4 Å². The molecule has 0 saturated heterocycles. The molecule has 0 amide bonds. The van der Waals surface area contributed by atoms with Gasteiger partial charge in [0.15, 0.2) is 12.4 Å². The molecule has 0 radical (unpaired) electrons. The number of ketones is 1. The SMILES string of the molecule is CCOCN1C(C)=C(C(=O)O)C(c2cccc([N+](=O)[O-])c2)C(C(=O)COC(=O)C(C)(C)C)=C1C. The van der Waals surface area contributed by atoms with Crippen molar-refractivity contribution in [2.45, 2.75) is 47.5 Å². The van der Waals surface area contributed by atoms with Gasteiger partial charge in [0.1, 0.15) is 6.73 Å². The highest BCUT2D eigenvalue weighted by molar-refractivity contribution is 6.04. The molecule has 0 aromatic heterocycles. The standard InChI is InChI=1S/C24H30N2O8/c1-7-33-13-25-14(2)19(18(27)12-34-23(30)24(4,5)6)21(20(15(25)3)22(28)29)16-9-8-10-17(11-16)26(31)32/h8-11,21H,7,12-13H2,1-6H3,(H,28,29). The first-order valence-electron chi connectivity index (χ1n) is 10.8. The van der Waals surface area contributed by atoms with Crippen LogP contribution in [0, 0.1) is 15.5 Å². The van der Waals surface area contributed by atoms with Crippen LogP contribution >= 0.6 is 0 Å². The second-order valence-corrected chi connectivity index (χ2v) is 8.89. The third-order valence-corrected chi connectivity index (χ3v) is 5.48. The molecule has 1 aromatic carbocycles. The van der Waals surface area contributed by atoms with Crippen LogP contribution in [0.5, 0.6) is 0 Å². The summed E-state index contributed by atoms with van der Waals surface area (Å²) in [6.45, 7) is 9.74. The van der Waals surface area contributed by atoms with Gasteiger partial charge in [-0.1, -0.05) is 12.1 Å². The van der Waals surface area contributed by atoms with Crippen molar-refractivity contribution in [2.24, 2.45) is 5.41 Å². The molecule has 1 heterocycles. The smallest absolute Gasteiger partial charge is 0.334 e. The first-order chi connectivity index (χ1) is 15.8. The summed E-state index contributed by atoms with van der Waals surface area (Å²) >= 11 is 0. The molecule has 10 heteroatoms. The van der Waals surface area contributed by atoms with E-state index < -0.39 is 40.6 Å². The molecule has 1 unspecified atom stereocenters. The molecular weight excluding hydrogens is 444 g/mol. The Morgan fingerprint density at radius 2 is 1.76 bits per heavy atom. The molecule has 1 aliphatic rings. The number of carbonyl (C=O) groups excluding carboxylic acids is 2. The van der Waals surface area contributed by atoms with E-state index in [2.05, 4.69) is 0 Å². The number of esters is 1. The highest BCUT2D eigenvalue weighted by Crippen LogP contribution is 2.43. The summed E-state index contributed by atoms with van der Waals surface area (Å²) in [5, 5.41) is 21.4. The van der Waals surface area contributed by atoms with Crippen molar-refractivity contribution in [3.8, 4) is 0 Å². The van der Waals surface area contributed by atoms with Crippen LogP contribution in [0.15, 0.2) is 46.8 Å². The first kappa shape index (κ1) is 26.7. The van der Waals surface area contributed by atoms with Gasteiger partial charge in [-0.3, -0.25) is 19.7 Å². The fourth-order valence-corrected chi connectivity index (χ4v) is 3.70. The van der Waals surface area contributed by atoms with Crippen LogP contribution in [0.25, 0.3) is 0 Å². The Bertz CT molecular complexity index is 1060. The number of benzene rings is 1. The Morgan fingerprint density at radius 3 is 2.29 bits per heavy atom. The third kappa shape index (κ3) is 5.69. The predicted molar refractivity (Wildman–Crippen MR) is 123 cm³/mol. The maximum Gasteiger partial charge on any atom is 0.334 e. The minimum atomic E-state index is -1.28. The Kier molecular flexibility index (Phi) is 8.33. The maximum absolute atomic E-state index is 13.4. The molecule has 1 N–H and O–H groups in total. The van der Waals surface area contributed by atoms with Crippen molar-refractivity contribution < 1.29 is 33.9 Å². The summed E-state index contributed by atoms with van der Waals surface area (Å²) in [4.78, 5) is 50.3. The third-order valence-electron chi connectivity index (χ3n) is 5.48. The van der Waals surface area contributed by atoms with E-state index in [0.717, 1.165) is 0 Å². The zero-order valence-corrected chi connectivity index (χ0v) is 20.2. The second kappa shape index (κ2) is 10.6. The van der Waals surface area contributed by atoms with Gasteiger partial charge >= 0.3 is 11.9 Å². The number of non-ortho nitro benzene ring substituents is 1. The normalized spacial score (nSPS) is 16.5. The molecule has 0 saturated carbocycles. The van der Waals surface area contributed by atoms with Gasteiger partial charge in [0, 0.05) is 41.6 Å². The number of hydrogen-bond donors (Lipinski definition) is 1. The lowest BCUT2D eigenvalue weighted by Crippen LogP contribution is -2.37. The minimum Gasteiger partial charge on any atom is -0.478 e. The van der Waals surface area contributed by atoms with Gasteiger partial charge < -0.3 is 19.5 Å². The van der Waals surface area contributed by atoms with Crippen molar-refractivity contribution >= 4 is 23.4 Å². The zero-order chi connectivity index (χ0) is 25.8. The number of allylic oxidation sites excluding steroid dienone is 2.